The van der Waals surface area contributed by atoms with Crippen LogP contribution in [0.2, 0.25) is 0 Å². The van der Waals surface area contributed by atoms with Crippen molar-refractivity contribution in [1.29, 1.82) is 0 Å². The largest absolute Gasteiger partial charge is 0.466 e. The van der Waals surface area contributed by atoms with E-state index in [2.05, 4.69) is 55.6 Å². The van der Waals surface area contributed by atoms with Crippen LogP contribution in [0, 0.1) is 0 Å². The molecule has 1 saturated heterocycles. The first-order valence-electron chi connectivity index (χ1n) is 35.9. The average Bonchev–Trinajstić information content (AvgIpc) is 3.68. The fraction of sp³-hybridized carbons (Fsp3) is 0.863. The number of nitrogens with one attached hydrogen (secondary N) is 1. The normalized spacial score (nSPS) is 18.3. The molecule has 7 unspecified atom stereocenters. The Morgan fingerprint density at radius 2 is 0.798 bits per heavy atom. The summed E-state index contributed by atoms with van der Waals surface area (Å²) in [5, 5.41) is 54.3. The van der Waals surface area contributed by atoms with E-state index in [0.717, 1.165) is 64.2 Å². The summed E-state index contributed by atoms with van der Waals surface area (Å²) < 4.78 is 16.7. The standard InChI is InChI=1S/C73H135NO10/c1-3-5-7-9-11-13-14-15-16-35-38-41-45-49-53-57-61-69(78)82-62-58-54-50-46-42-39-36-33-31-29-27-25-23-21-19-17-18-20-22-24-26-28-30-32-34-37-40-44-48-52-56-60-68(77)74-65(66(76)59-55-51-47-43-12-10-8-6-4-2)64-83-73-72(81)71(80)70(79)67(63-75)84-73/h16,19,21,25,27,35,55,59,65-67,70-73,75-76,79-81H,3-15,17-18,20,22-24,26,28-34,36-54,56-58,60-64H2,1-2H3,(H,74,77)/b21-19-,27-25-,35-16-,59-55+. The number of esters is 1. The Balaban J connectivity index is 1.92. The lowest BCUT2D eigenvalue weighted by Gasteiger charge is -2.40. The van der Waals surface area contributed by atoms with E-state index in [-0.39, 0.29) is 18.5 Å². The molecule has 1 heterocycles. The van der Waals surface area contributed by atoms with Crippen molar-refractivity contribution in [2.45, 2.75) is 384 Å². The highest BCUT2D eigenvalue weighted by Gasteiger charge is 2.44. The zero-order chi connectivity index (χ0) is 60.9. The third-order valence-electron chi connectivity index (χ3n) is 16.9. The maximum absolute atomic E-state index is 13.0. The van der Waals surface area contributed by atoms with Crippen molar-refractivity contribution in [3.8, 4) is 0 Å². The molecule has 84 heavy (non-hydrogen) atoms. The van der Waals surface area contributed by atoms with Crippen LogP contribution in [0.15, 0.2) is 48.6 Å². The molecule has 6 N–H and O–H groups in total. The molecule has 1 amide bonds. The van der Waals surface area contributed by atoms with Gasteiger partial charge in [-0.1, -0.05) is 287 Å². The Morgan fingerprint density at radius 1 is 0.440 bits per heavy atom. The van der Waals surface area contributed by atoms with Gasteiger partial charge in [0.05, 0.1) is 32.0 Å². The molecule has 1 aliphatic rings. The lowest BCUT2D eigenvalue weighted by molar-refractivity contribution is -0.302. The van der Waals surface area contributed by atoms with Gasteiger partial charge in [0.15, 0.2) is 6.29 Å². The summed E-state index contributed by atoms with van der Waals surface area (Å²) in [6.45, 7) is 4.33. The van der Waals surface area contributed by atoms with Crippen molar-refractivity contribution in [3.63, 3.8) is 0 Å². The second kappa shape index (κ2) is 62.2. The Kier molecular flexibility index (Phi) is 59.0. The van der Waals surface area contributed by atoms with Crippen molar-refractivity contribution in [2.75, 3.05) is 19.8 Å². The predicted molar refractivity (Wildman–Crippen MR) is 352 cm³/mol. The first-order chi connectivity index (χ1) is 41.2. The molecule has 492 valence electrons. The molecule has 0 radical (unpaired) electrons. The highest BCUT2D eigenvalue weighted by molar-refractivity contribution is 5.76. The topological polar surface area (TPSA) is 175 Å². The minimum atomic E-state index is -1.57. The van der Waals surface area contributed by atoms with E-state index in [1.165, 1.54) is 250 Å². The number of rotatable bonds is 63. The minimum absolute atomic E-state index is 0.00212. The molecule has 1 rings (SSSR count). The summed E-state index contributed by atoms with van der Waals surface area (Å²) in [5.41, 5.74) is 0. The third kappa shape index (κ3) is 50.6. The third-order valence-corrected chi connectivity index (χ3v) is 16.9. The Bertz CT molecular complexity index is 1530. The second-order valence-electron chi connectivity index (χ2n) is 24.9. The van der Waals surface area contributed by atoms with Gasteiger partial charge in [-0.05, 0) is 89.9 Å². The van der Waals surface area contributed by atoms with E-state index in [0.29, 0.717) is 19.4 Å². The molecule has 0 saturated carbocycles. The monoisotopic (exact) mass is 1190 g/mol. The molecule has 0 bridgehead atoms. The smallest absolute Gasteiger partial charge is 0.305 e. The van der Waals surface area contributed by atoms with E-state index in [1.54, 1.807) is 6.08 Å². The van der Waals surface area contributed by atoms with Crippen molar-refractivity contribution < 1.29 is 49.3 Å². The second-order valence-corrected chi connectivity index (χ2v) is 24.9. The fourth-order valence-electron chi connectivity index (χ4n) is 11.2. The van der Waals surface area contributed by atoms with Crippen LogP contribution >= 0.6 is 0 Å². The summed E-state index contributed by atoms with van der Waals surface area (Å²) in [6, 6.07) is -0.809. The van der Waals surface area contributed by atoms with Crippen LogP contribution in [-0.4, -0.2) is 100 Å². The number of unbranched alkanes of at least 4 members (excludes halogenated alkanes) is 43. The lowest BCUT2D eigenvalue weighted by atomic mass is 9.99. The quantitative estimate of drug-likeness (QED) is 0.0195. The van der Waals surface area contributed by atoms with E-state index in [4.69, 9.17) is 14.2 Å². The maximum Gasteiger partial charge on any atom is 0.305 e. The van der Waals surface area contributed by atoms with Gasteiger partial charge in [0.2, 0.25) is 5.91 Å². The number of carbonyl (C=O) groups is 2. The van der Waals surface area contributed by atoms with Crippen molar-refractivity contribution in [2.24, 2.45) is 0 Å². The highest BCUT2D eigenvalue weighted by atomic mass is 16.7. The van der Waals surface area contributed by atoms with Gasteiger partial charge < -0.3 is 45.1 Å². The number of aliphatic hydroxyl groups is 5. The van der Waals surface area contributed by atoms with Crippen LogP contribution in [0.4, 0.5) is 0 Å². The molecule has 1 fully saturated rings. The molecular formula is C73H135NO10. The summed E-state index contributed by atoms with van der Waals surface area (Å²) >= 11 is 0. The van der Waals surface area contributed by atoms with Crippen LogP contribution in [0.25, 0.3) is 0 Å². The Hall–Kier alpha value is -2.38. The van der Waals surface area contributed by atoms with E-state index < -0.39 is 49.5 Å². The predicted octanol–water partition coefficient (Wildman–Crippen LogP) is 18.4. The molecule has 11 heteroatoms. The summed E-state index contributed by atoms with van der Waals surface area (Å²) in [5.74, 6) is -0.185. The Labute approximate surface area is 516 Å². The van der Waals surface area contributed by atoms with Crippen LogP contribution in [0.3, 0.4) is 0 Å². The zero-order valence-corrected chi connectivity index (χ0v) is 54.6. The van der Waals surface area contributed by atoms with Crippen LogP contribution < -0.4 is 5.32 Å². The summed E-state index contributed by atoms with van der Waals surface area (Å²) in [7, 11) is 0. The highest BCUT2D eigenvalue weighted by Crippen LogP contribution is 2.23. The summed E-state index contributed by atoms with van der Waals surface area (Å²) in [4.78, 5) is 25.1. The zero-order valence-electron chi connectivity index (χ0n) is 54.6. The van der Waals surface area contributed by atoms with Crippen LogP contribution in [0.1, 0.15) is 341 Å². The molecule has 11 nitrogen and oxygen atoms in total. The van der Waals surface area contributed by atoms with Gasteiger partial charge in [-0.3, -0.25) is 9.59 Å². The lowest BCUT2D eigenvalue weighted by Crippen LogP contribution is -2.60. The Morgan fingerprint density at radius 3 is 1.21 bits per heavy atom. The van der Waals surface area contributed by atoms with Crippen molar-refractivity contribution in [3.05, 3.63) is 48.6 Å². The van der Waals surface area contributed by atoms with Crippen LogP contribution in [0.5, 0.6) is 0 Å². The van der Waals surface area contributed by atoms with E-state index in [1.807, 2.05) is 6.08 Å². The number of hydrogen-bond donors (Lipinski definition) is 6. The molecule has 1 aliphatic heterocycles. The van der Waals surface area contributed by atoms with Gasteiger partial charge in [-0.25, -0.2) is 0 Å². The number of ether oxygens (including phenoxy) is 3. The molecule has 7 atom stereocenters. The minimum Gasteiger partial charge on any atom is -0.466 e. The fourth-order valence-corrected chi connectivity index (χ4v) is 11.2. The first kappa shape index (κ1) is 79.6. The van der Waals surface area contributed by atoms with Gasteiger partial charge in [0, 0.05) is 12.8 Å². The molecule has 0 aromatic heterocycles. The molecular weight excluding hydrogens is 1050 g/mol. The molecule has 0 spiro atoms. The van der Waals surface area contributed by atoms with Crippen molar-refractivity contribution in [1.82, 2.24) is 5.32 Å². The van der Waals surface area contributed by atoms with Crippen molar-refractivity contribution >= 4 is 11.9 Å². The molecule has 0 aromatic rings. The number of allylic oxidation sites excluding steroid dienone is 7. The van der Waals surface area contributed by atoms with E-state index >= 15 is 0 Å². The average molecular weight is 1190 g/mol. The first-order valence-corrected chi connectivity index (χ1v) is 35.9. The number of hydrogen-bond acceptors (Lipinski definition) is 10. The van der Waals surface area contributed by atoms with Gasteiger partial charge >= 0.3 is 5.97 Å². The number of carbonyl (C=O) groups excluding carboxylic acids is 2. The van der Waals surface area contributed by atoms with Crippen LogP contribution in [-0.2, 0) is 23.8 Å². The number of aliphatic hydroxyl groups excluding tert-OH is 5. The maximum atomic E-state index is 13.0. The van der Waals surface area contributed by atoms with Gasteiger partial charge in [-0.15, -0.1) is 0 Å². The van der Waals surface area contributed by atoms with Gasteiger partial charge in [0.25, 0.3) is 0 Å². The number of amides is 1. The molecule has 0 aromatic carbocycles. The summed E-state index contributed by atoms with van der Waals surface area (Å²) in [6.07, 6.45) is 71.2. The van der Waals surface area contributed by atoms with E-state index in [9.17, 15) is 35.1 Å². The van der Waals surface area contributed by atoms with Gasteiger partial charge in [0.1, 0.15) is 24.4 Å². The van der Waals surface area contributed by atoms with Gasteiger partial charge in [-0.2, -0.15) is 0 Å². The SMILES string of the molecule is CCCCCCCCC/C=C\CCCCCCCC(=O)OCCCCCCCCCCC/C=C\C/C=C\CCCCCCCCCCCCCCCCCC(=O)NC(COC1OC(CO)C(O)C(O)C1O)C(O)/C=C/CCCCCCCCC. The molecule has 0 aliphatic carbocycles.